The molecule has 1 amide bonds. The summed E-state index contributed by atoms with van der Waals surface area (Å²) < 4.78 is 9.04. The third-order valence-electron chi connectivity index (χ3n) is 4.60. The maximum Gasteiger partial charge on any atom is 0.252 e. The first kappa shape index (κ1) is 22.7. The van der Waals surface area contributed by atoms with Crippen LogP contribution in [0.3, 0.4) is 0 Å². The van der Waals surface area contributed by atoms with Gasteiger partial charge in [0.05, 0.1) is 17.7 Å². The average molecular weight is 467 g/mol. The lowest BCUT2D eigenvalue weighted by molar-refractivity contribution is -0.113. The van der Waals surface area contributed by atoms with Gasteiger partial charge in [0.25, 0.3) is 5.95 Å². The molecule has 0 atom stereocenters. The zero-order valence-corrected chi connectivity index (χ0v) is 20.1. The maximum atomic E-state index is 12.8. The minimum absolute atomic E-state index is 0.159. The van der Waals surface area contributed by atoms with Gasteiger partial charge in [0, 0.05) is 24.0 Å². The van der Waals surface area contributed by atoms with Crippen molar-refractivity contribution in [1.29, 1.82) is 0 Å². The number of hydrogen-bond donors (Lipinski definition) is 1. The van der Waals surface area contributed by atoms with Gasteiger partial charge in [0.15, 0.2) is 16.7 Å². The second-order valence-corrected chi connectivity index (χ2v) is 9.10. The molecule has 33 heavy (non-hydrogen) atoms. The molecule has 0 saturated heterocycles. The predicted octanol–water partition coefficient (Wildman–Crippen LogP) is 3.83. The largest absolute Gasteiger partial charge is 0.461 e. The molecular weight excluding hydrogens is 440 g/mol. The first-order valence-electron chi connectivity index (χ1n) is 10.6. The summed E-state index contributed by atoms with van der Waals surface area (Å²) in [6, 6.07) is 7.34. The van der Waals surface area contributed by atoms with E-state index in [1.165, 1.54) is 11.8 Å². The molecule has 0 aliphatic rings. The lowest BCUT2D eigenvalue weighted by atomic mass is 10.2. The average Bonchev–Trinajstić information content (AvgIpc) is 3.46. The molecule has 4 rings (SSSR count). The molecule has 0 radical (unpaired) electrons. The molecule has 0 unspecified atom stereocenters. The molecule has 1 N–H and O–H groups in total. The van der Waals surface area contributed by atoms with Gasteiger partial charge in [-0.1, -0.05) is 25.6 Å². The van der Waals surface area contributed by atoms with Crippen LogP contribution in [0.2, 0.25) is 0 Å². The van der Waals surface area contributed by atoms with Crippen molar-refractivity contribution in [1.82, 2.24) is 34.5 Å². The number of amides is 1. The zero-order valence-electron chi connectivity index (χ0n) is 19.2. The summed E-state index contributed by atoms with van der Waals surface area (Å²) in [5, 5.41) is 16.6. The van der Waals surface area contributed by atoms with Crippen LogP contribution in [0.25, 0.3) is 17.5 Å². The third-order valence-corrected chi connectivity index (χ3v) is 5.56. The summed E-state index contributed by atoms with van der Waals surface area (Å²) in [4.78, 5) is 21.7. The van der Waals surface area contributed by atoms with E-state index in [1.807, 2.05) is 43.5 Å². The predicted molar refractivity (Wildman–Crippen MR) is 125 cm³/mol. The van der Waals surface area contributed by atoms with Crippen LogP contribution in [0.1, 0.15) is 30.9 Å². The van der Waals surface area contributed by atoms with Gasteiger partial charge in [0.2, 0.25) is 5.91 Å². The molecule has 0 aromatic carbocycles. The van der Waals surface area contributed by atoms with Crippen LogP contribution in [0, 0.1) is 26.7 Å². The van der Waals surface area contributed by atoms with E-state index in [4.69, 9.17) is 4.42 Å². The molecule has 0 aliphatic heterocycles. The summed E-state index contributed by atoms with van der Waals surface area (Å²) in [5.74, 6) is 2.57. The number of nitrogens with zero attached hydrogens (tertiary/aromatic N) is 7. The first-order chi connectivity index (χ1) is 15.8. The van der Waals surface area contributed by atoms with Gasteiger partial charge in [0.1, 0.15) is 5.82 Å². The Balaban J connectivity index is 1.50. The highest BCUT2D eigenvalue weighted by Gasteiger charge is 2.19. The Kier molecular flexibility index (Phi) is 6.59. The van der Waals surface area contributed by atoms with Gasteiger partial charge in [-0.3, -0.25) is 9.36 Å². The van der Waals surface area contributed by atoms with E-state index in [2.05, 4.69) is 44.4 Å². The highest BCUT2D eigenvalue weighted by molar-refractivity contribution is 7.99. The highest BCUT2D eigenvalue weighted by Crippen LogP contribution is 2.26. The highest BCUT2D eigenvalue weighted by atomic mass is 32.2. The van der Waals surface area contributed by atoms with Gasteiger partial charge >= 0.3 is 0 Å². The quantitative estimate of drug-likeness (QED) is 0.390. The van der Waals surface area contributed by atoms with Crippen molar-refractivity contribution in [2.75, 3.05) is 11.1 Å². The second-order valence-electron chi connectivity index (χ2n) is 8.16. The fourth-order valence-corrected chi connectivity index (χ4v) is 4.11. The number of carbonyl (C=O) groups excluding carboxylic acids is 1. The number of carbonyl (C=O) groups is 1. The minimum Gasteiger partial charge on any atom is -0.461 e. The Morgan fingerprint density at radius 3 is 2.55 bits per heavy atom. The van der Waals surface area contributed by atoms with Crippen molar-refractivity contribution in [3.8, 4) is 17.5 Å². The third kappa shape index (κ3) is 5.30. The monoisotopic (exact) mass is 466 g/mol. The zero-order chi connectivity index (χ0) is 23.5. The van der Waals surface area contributed by atoms with Gasteiger partial charge in [-0.2, -0.15) is 9.78 Å². The minimum atomic E-state index is -0.191. The molecule has 4 aromatic rings. The van der Waals surface area contributed by atoms with Crippen LogP contribution in [0.5, 0.6) is 0 Å². The summed E-state index contributed by atoms with van der Waals surface area (Å²) in [5.41, 5.74) is 2.41. The SMILES string of the molecule is Cc1cc(C)nc(-n2nc(C)cc2NC(=O)CSc2nnc(-c3ccco3)n2CC(C)C)n1. The summed E-state index contributed by atoms with van der Waals surface area (Å²) in [6.07, 6.45) is 1.61. The van der Waals surface area contributed by atoms with Crippen LogP contribution < -0.4 is 5.32 Å². The summed E-state index contributed by atoms with van der Waals surface area (Å²) in [7, 11) is 0. The standard InChI is InChI=1S/C22H26N8O2S/c1-13(2)11-29-20(17-7-6-8-32-17)26-27-22(29)33-12-19(31)25-18-10-16(5)28-30(18)21-23-14(3)9-15(4)24-21/h6-10,13H,11-12H2,1-5H3,(H,25,31). The Bertz CT molecular complexity index is 1240. The Morgan fingerprint density at radius 1 is 1.12 bits per heavy atom. The van der Waals surface area contributed by atoms with E-state index in [1.54, 1.807) is 17.0 Å². The molecule has 0 bridgehead atoms. The van der Waals surface area contributed by atoms with Crippen LogP contribution in [0.15, 0.2) is 40.1 Å². The normalized spacial score (nSPS) is 11.3. The number of nitrogens with one attached hydrogen (secondary N) is 1. The molecule has 172 valence electrons. The van der Waals surface area contributed by atoms with E-state index < -0.39 is 0 Å². The number of anilines is 1. The number of rotatable bonds is 8. The van der Waals surface area contributed by atoms with Crippen molar-refractivity contribution in [2.45, 2.75) is 46.3 Å². The lowest BCUT2D eigenvalue weighted by Gasteiger charge is -2.11. The van der Waals surface area contributed by atoms with Crippen molar-refractivity contribution in [2.24, 2.45) is 5.92 Å². The molecule has 0 fully saturated rings. The molecule has 11 heteroatoms. The van der Waals surface area contributed by atoms with Crippen LogP contribution in [-0.4, -0.2) is 46.2 Å². The molecule has 4 aromatic heterocycles. The van der Waals surface area contributed by atoms with Crippen molar-refractivity contribution >= 4 is 23.5 Å². The van der Waals surface area contributed by atoms with Gasteiger partial charge in [-0.15, -0.1) is 10.2 Å². The van der Waals surface area contributed by atoms with Gasteiger partial charge in [-0.05, 0) is 44.9 Å². The number of hydrogen-bond acceptors (Lipinski definition) is 8. The van der Waals surface area contributed by atoms with Crippen LogP contribution in [0.4, 0.5) is 5.82 Å². The first-order valence-corrected chi connectivity index (χ1v) is 11.6. The maximum absolute atomic E-state index is 12.8. The van der Waals surface area contributed by atoms with Crippen molar-refractivity contribution < 1.29 is 9.21 Å². The summed E-state index contributed by atoms with van der Waals surface area (Å²) in [6.45, 7) is 10.6. The van der Waals surface area contributed by atoms with Gasteiger partial charge in [-0.25, -0.2) is 9.97 Å². The molecule has 4 heterocycles. The van der Waals surface area contributed by atoms with Crippen molar-refractivity contribution in [3.05, 3.63) is 47.6 Å². The molecule has 0 spiro atoms. The Labute approximate surface area is 195 Å². The van der Waals surface area contributed by atoms with E-state index >= 15 is 0 Å². The van der Waals surface area contributed by atoms with E-state index in [9.17, 15) is 4.79 Å². The van der Waals surface area contributed by atoms with E-state index in [0.717, 1.165) is 17.1 Å². The Hall–Kier alpha value is -3.47. The van der Waals surface area contributed by atoms with Gasteiger partial charge < -0.3 is 9.73 Å². The number of aromatic nitrogens is 7. The Morgan fingerprint density at radius 2 is 1.88 bits per heavy atom. The number of thioether (sulfide) groups is 1. The number of aryl methyl sites for hydroxylation is 3. The molecule has 0 saturated carbocycles. The molecular formula is C22H26N8O2S. The number of furan rings is 1. The topological polar surface area (TPSA) is 117 Å². The molecule has 10 nitrogen and oxygen atoms in total. The summed E-state index contributed by atoms with van der Waals surface area (Å²) >= 11 is 1.32. The van der Waals surface area contributed by atoms with Crippen LogP contribution in [-0.2, 0) is 11.3 Å². The smallest absolute Gasteiger partial charge is 0.252 e. The second kappa shape index (κ2) is 9.57. The van der Waals surface area contributed by atoms with E-state index in [0.29, 0.717) is 41.0 Å². The van der Waals surface area contributed by atoms with Crippen LogP contribution >= 0.6 is 11.8 Å². The lowest BCUT2D eigenvalue weighted by Crippen LogP contribution is -2.18. The van der Waals surface area contributed by atoms with E-state index in [-0.39, 0.29) is 11.7 Å². The fraction of sp³-hybridized carbons (Fsp3) is 0.364. The van der Waals surface area contributed by atoms with Crippen molar-refractivity contribution in [3.63, 3.8) is 0 Å². The fourth-order valence-electron chi connectivity index (χ4n) is 3.37. The molecule has 0 aliphatic carbocycles.